The summed E-state index contributed by atoms with van der Waals surface area (Å²) in [5.41, 5.74) is 8.28. The lowest BCUT2D eigenvalue weighted by Crippen LogP contribution is -2.12. The largest absolute Gasteiger partial charge is 0.495 e. The van der Waals surface area contributed by atoms with Crippen LogP contribution in [0.5, 0.6) is 5.75 Å². The van der Waals surface area contributed by atoms with E-state index in [0.29, 0.717) is 24.3 Å². The fourth-order valence-electron chi connectivity index (χ4n) is 2.16. The summed E-state index contributed by atoms with van der Waals surface area (Å²) in [6, 6.07) is 3.20. The summed E-state index contributed by atoms with van der Waals surface area (Å²) < 4.78 is 5.24. The quantitative estimate of drug-likeness (QED) is 0.738. The summed E-state index contributed by atoms with van der Waals surface area (Å²) in [7, 11) is 1.52. The number of nitrogens with two attached hydrogens (primary N) is 1. The van der Waals surface area contributed by atoms with Gasteiger partial charge in [-0.1, -0.05) is 6.07 Å². The van der Waals surface area contributed by atoms with Crippen molar-refractivity contribution in [3.05, 3.63) is 23.3 Å². The molecule has 0 spiro atoms. The molecule has 1 aromatic carbocycles. The first kappa shape index (κ1) is 13.4. The molecule has 1 aliphatic rings. The van der Waals surface area contributed by atoms with E-state index in [1.165, 1.54) is 7.11 Å². The van der Waals surface area contributed by atoms with Crippen molar-refractivity contribution in [3.63, 3.8) is 0 Å². The van der Waals surface area contributed by atoms with Crippen LogP contribution in [-0.2, 0) is 16.0 Å². The van der Waals surface area contributed by atoms with Crippen LogP contribution in [0.15, 0.2) is 12.1 Å². The van der Waals surface area contributed by atoms with E-state index in [0.717, 1.165) is 11.1 Å². The van der Waals surface area contributed by atoms with E-state index in [1.807, 2.05) is 6.07 Å². The summed E-state index contributed by atoms with van der Waals surface area (Å²) >= 11 is 0. The highest BCUT2D eigenvalue weighted by molar-refractivity contribution is 6.01. The summed E-state index contributed by atoms with van der Waals surface area (Å²) in [4.78, 5) is 21.9. The molecule has 0 saturated heterocycles. The molecule has 0 bridgehead atoms. The third-order valence-electron chi connectivity index (χ3n) is 3.14. The minimum Gasteiger partial charge on any atom is -0.495 e. The molecular formula is C13H16N2O4. The number of aliphatic carboxylic acids is 1. The molecular weight excluding hydrogens is 248 g/mol. The van der Waals surface area contributed by atoms with Crippen LogP contribution in [-0.4, -0.2) is 24.1 Å². The summed E-state index contributed by atoms with van der Waals surface area (Å²) in [5.74, 6) is -0.394. The van der Waals surface area contributed by atoms with Crippen LogP contribution < -0.4 is 15.8 Å². The third-order valence-corrected chi connectivity index (χ3v) is 3.14. The summed E-state index contributed by atoms with van der Waals surface area (Å²) in [6.45, 7) is 0. The number of methoxy groups -OCH3 is 1. The molecule has 1 aliphatic heterocycles. The van der Waals surface area contributed by atoms with Crippen molar-refractivity contribution in [1.29, 1.82) is 0 Å². The van der Waals surface area contributed by atoms with Gasteiger partial charge in [-0.25, -0.2) is 0 Å². The average Bonchev–Trinajstić information content (AvgIpc) is 2.74. The zero-order chi connectivity index (χ0) is 14.0. The number of nitrogens with one attached hydrogen (secondary N) is 1. The predicted molar refractivity (Wildman–Crippen MR) is 69.1 cm³/mol. The Kier molecular flexibility index (Phi) is 3.71. The zero-order valence-electron chi connectivity index (χ0n) is 10.6. The van der Waals surface area contributed by atoms with E-state index in [1.54, 1.807) is 6.07 Å². The number of hydrogen-bond donors (Lipinski definition) is 3. The summed E-state index contributed by atoms with van der Waals surface area (Å²) in [5, 5.41) is 11.4. The molecule has 0 fully saturated rings. The van der Waals surface area contributed by atoms with Gasteiger partial charge in [0, 0.05) is 12.5 Å². The molecule has 0 saturated carbocycles. The normalized spacial score (nSPS) is 14.7. The number of carbonyl (C=O) groups is 2. The van der Waals surface area contributed by atoms with Crippen LogP contribution in [0.3, 0.4) is 0 Å². The van der Waals surface area contributed by atoms with Crippen LogP contribution in [0.2, 0.25) is 0 Å². The van der Waals surface area contributed by atoms with Gasteiger partial charge in [-0.2, -0.15) is 0 Å². The number of carbonyl (C=O) groups excluding carboxylic acids is 1. The van der Waals surface area contributed by atoms with Gasteiger partial charge < -0.3 is 20.9 Å². The Balaban J connectivity index is 2.25. The molecule has 1 unspecified atom stereocenters. The zero-order valence-corrected chi connectivity index (χ0v) is 10.6. The molecule has 6 heteroatoms. The van der Waals surface area contributed by atoms with Crippen LogP contribution in [0.1, 0.15) is 30.0 Å². The maximum atomic E-state index is 11.4. The van der Waals surface area contributed by atoms with Crippen molar-refractivity contribution < 1.29 is 19.4 Å². The molecule has 0 aliphatic carbocycles. The molecule has 1 heterocycles. The van der Waals surface area contributed by atoms with Crippen LogP contribution >= 0.6 is 0 Å². The van der Waals surface area contributed by atoms with Gasteiger partial charge in [0.15, 0.2) is 0 Å². The number of ether oxygens (including phenoxy) is 1. The van der Waals surface area contributed by atoms with E-state index in [-0.39, 0.29) is 18.4 Å². The first-order valence-electron chi connectivity index (χ1n) is 5.99. The fraction of sp³-hybridized carbons (Fsp3) is 0.385. The molecule has 0 radical (unpaired) electrons. The molecule has 19 heavy (non-hydrogen) atoms. The molecule has 6 nitrogen and oxygen atoms in total. The molecule has 1 atom stereocenters. The standard InChI is InChI=1S/C13H16N2O4/c1-19-10-5-7(9(14)2-3-12(17)18)4-8-6-11(16)15-13(8)10/h4-5,9H,2-3,6,14H2,1H3,(H,15,16)(H,17,18). The van der Waals surface area contributed by atoms with Gasteiger partial charge in [-0.05, 0) is 23.6 Å². The van der Waals surface area contributed by atoms with Crippen LogP contribution in [0.25, 0.3) is 0 Å². The molecule has 4 N–H and O–H groups in total. The number of anilines is 1. The van der Waals surface area contributed by atoms with Crippen molar-refractivity contribution in [2.45, 2.75) is 25.3 Å². The van der Waals surface area contributed by atoms with Gasteiger partial charge >= 0.3 is 5.97 Å². The topological polar surface area (TPSA) is 102 Å². The second-order valence-corrected chi connectivity index (χ2v) is 4.52. The lowest BCUT2D eigenvalue weighted by molar-refractivity contribution is -0.137. The van der Waals surface area contributed by atoms with Gasteiger partial charge in [-0.3, -0.25) is 9.59 Å². The minimum absolute atomic E-state index is 0.0117. The molecule has 2 rings (SSSR count). The Labute approximate surface area is 110 Å². The van der Waals surface area contributed by atoms with E-state index < -0.39 is 5.97 Å². The van der Waals surface area contributed by atoms with Gasteiger partial charge in [0.1, 0.15) is 5.75 Å². The molecule has 1 aromatic rings. The van der Waals surface area contributed by atoms with E-state index in [4.69, 9.17) is 15.6 Å². The number of carboxylic acid groups (broad SMARTS) is 1. The highest BCUT2D eigenvalue weighted by atomic mass is 16.5. The van der Waals surface area contributed by atoms with Crippen molar-refractivity contribution in [2.75, 3.05) is 12.4 Å². The fourth-order valence-corrected chi connectivity index (χ4v) is 2.16. The monoisotopic (exact) mass is 264 g/mol. The highest BCUT2D eigenvalue weighted by Crippen LogP contribution is 2.36. The first-order valence-corrected chi connectivity index (χ1v) is 5.99. The average molecular weight is 264 g/mol. The van der Waals surface area contributed by atoms with Gasteiger partial charge in [0.2, 0.25) is 5.91 Å². The number of carboxylic acids is 1. The Hall–Kier alpha value is -2.08. The number of benzene rings is 1. The number of rotatable bonds is 5. The smallest absolute Gasteiger partial charge is 0.303 e. The number of hydrogen-bond acceptors (Lipinski definition) is 4. The second kappa shape index (κ2) is 5.27. The maximum absolute atomic E-state index is 11.4. The van der Waals surface area contributed by atoms with E-state index in [2.05, 4.69) is 5.32 Å². The number of fused-ring (bicyclic) bond motifs is 1. The molecule has 102 valence electrons. The Morgan fingerprint density at radius 3 is 2.95 bits per heavy atom. The van der Waals surface area contributed by atoms with Crippen molar-refractivity contribution >= 4 is 17.6 Å². The summed E-state index contributed by atoms with van der Waals surface area (Å²) in [6.07, 6.45) is 0.654. The van der Waals surface area contributed by atoms with Gasteiger partial charge in [0.05, 0.1) is 19.2 Å². The predicted octanol–water partition coefficient (Wildman–Crippen LogP) is 1.05. The highest BCUT2D eigenvalue weighted by Gasteiger charge is 2.23. The van der Waals surface area contributed by atoms with Gasteiger partial charge in [0.25, 0.3) is 0 Å². The van der Waals surface area contributed by atoms with Crippen LogP contribution in [0.4, 0.5) is 5.69 Å². The lowest BCUT2D eigenvalue weighted by Gasteiger charge is -2.15. The van der Waals surface area contributed by atoms with E-state index in [9.17, 15) is 9.59 Å². The van der Waals surface area contributed by atoms with Crippen molar-refractivity contribution in [3.8, 4) is 5.75 Å². The molecule has 1 amide bonds. The Bertz CT molecular complexity index is 528. The first-order chi connectivity index (χ1) is 9.01. The number of amides is 1. The van der Waals surface area contributed by atoms with Gasteiger partial charge in [-0.15, -0.1) is 0 Å². The Morgan fingerprint density at radius 1 is 1.58 bits per heavy atom. The maximum Gasteiger partial charge on any atom is 0.303 e. The third kappa shape index (κ3) is 2.85. The molecule has 0 aromatic heterocycles. The lowest BCUT2D eigenvalue weighted by atomic mass is 9.99. The minimum atomic E-state index is -0.875. The van der Waals surface area contributed by atoms with Crippen molar-refractivity contribution in [2.24, 2.45) is 5.73 Å². The van der Waals surface area contributed by atoms with Crippen LogP contribution in [0, 0.1) is 0 Å². The second-order valence-electron chi connectivity index (χ2n) is 4.52. The Morgan fingerprint density at radius 2 is 2.32 bits per heavy atom. The van der Waals surface area contributed by atoms with E-state index >= 15 is 0 Å². The SMILES string of the molecule is COc1cc(C(N)CCC(=O)O)cc2c1NC(=O)C2. The van der Waals surface area contributed by atoms with Crippen molar-refractivity contribution in [1.82, 2.24) is 0 Å².